The molecule has 0 aliphatic rings. The molecule has 0 aromatic heterocycles. The smallest absolute Gasteiger partial charge is 0.241 e. The number of rotatable bonds is 6. The molecule has 1 aromatic carbocycles. The first kappa shape index (κ1) is 17.4. The van der Waals surface area contributed by atoms with Gasteiger partial charge in [0.15, 0.2) is 0 Å². The quantitative estimate of drug-likeness (QED) is 0.793. The van der Waals surface area contributed by atoms with Crippen LogP contribution in [0.2, 0.25) is 0 Å². The molecule has 0 heterocycles. The Balaban J connectivity index is 2.81. The second-order valence-electron chi connectivity index (χ2n) is 6.08. The van der Waals surface area contributed by atoms with Gasteiger partial charge in [-0.3, -0.25) is 9.69 Å². The van der Waals surface area contributed by atoms with Crippen molar-refractivity contribution in [3.05, 3.63) is 24.0 Å². The lowest BCUT2D eigenvalue weighted by Crippen LogP contribution is -2.47. The number of amides is 1. The Labute approximate surface area is 126 Å². The van der Waals surface area contributed by atoms with Gasteiger partial charge in [-0.25, -0.2) is 4.39 Å². The summed E-state index contributed by atoms with van der Waals surface area (Å²) in [6, 6.07) is 3.95. The van der Waals surface area contributed by atoms with Crippen LogP contribution in [0, 0.1) is 11.7 Å². The Morgan fingerprint density at radius 3 is 2.38 bits per heavy atom. The Morgan fingerprint density at radius 1 is 1.29 bits per heavy atom. The van der Waals surface area contributed by atoms with Crippen molar-refractivity contribution in [2.45, 2.75) is 46.7 Å². The summed E-state index contributed by atoms with van der Waals surface area (Å²) in [5.41, 5.74) is 6.40. The zero-order valence-corrected chi connectivity index (χ0v) is 13.5. The number of carbonyl (C=O) groups excluding carboxylic acids is 1. The maximum absolute atomic E-state index is 13.0. The average Bonchev–Trinajstić information content (AvgIpc) is 2.37. The van der Waals surface area contributed by atoms with Gasteiger partial charge in [-0.05, 0) is 44.9 Å². The van der Waals surface area contributed by atoms with Gasteiger partial charge in [-0.2, -0.15) is 0 Å². The van der Waals surface area contributed by atoms with E-state index in [1.165, 1.54) is 18.2 Å². The molecule has 0 spiro atoms. The van der Waals surface area contributed by atoms with E-state index < -0.39 is 5.82 Å². The molecule has 0 bridgehead atoms. The molecule has 3 N–H and O–H groups in total. The van der Waals surface area contributed by atoms with E-state index in [0.717, 1.165) is 6.54 Å². The van der Waals surface area contributed by atoms with Gasteiger partial charge in [0.25, 0.3) is 0 Å². The number of nitrogens with one attached hydrogen (secondary N) is 1. The lowest BCUT2D eigenvalue weighted by Gasteiger charge is -2.33. The molecule has 1 amide bonds. The zero-order valence-electron chi connectivity index (χ0n) is 13.5. The number of nitrogen functional groups attached to an aromatic ring is 1. The number of nitrogens with two attached hydrogens (primary N) is 1. The molecule has 0 saturated carbocycles. The van der Waals surface area contributed by atoms with Crippen molar-refractivity contribution in [1.82, 2.24) is 4.90 Å². The first-order valence-corrected chi connectivity index (χ1v) is 7.34. The Morgan fingerprint density at radius 2 is 1.90 bits per heavy atom. The third-order valence-corrected chi connectivity index (χ3v) is 3.39. The van der Waals surface area contributed by atoms with Crippen LogP contribution in [0.1, 0.15) is 34.6 Å². The van der Waals surface area contributed by atoms with Crippen LogP contribution in [-0.4, -0.2) is 29.4 Å². The summed E-state index contributed by atoms with van der Waals surface area (Å²) in [5.74, 6) is -0.0802. The molecule has 1 unspecified atom stereocenters. The van der Waals surface area contributed by atoms with E-state index in [2.05, 4.69) is 37.9 Å². The largest absolute Gasteiger partial charge is 0.397 e. The van der Waals surface area contributed by atoms with Crippen LogP contribution in [0.4, 0.5) is 15.8 Å². The van der Waals surface area contributed by atoms with Crippen LogP contribution in [0.5, 0.6) is 0 Å². The van der Waals surface area contributed by atoms with E-state index in [1.54, 1.807) is 0 Å². The summed E-state index contributed by atoms with van der Waals surface area (Å²) in [7, 11) is 0. The average molecular weight is 295 g/mol. The molecule has 0 fully saturated rings. The topological polar surface area (TPSA) is 58.4 Å². The van der Waals surface area contributed by atoms with Gasteiger partial charge in [0.05, 0.1) is 17.4 Å². The van der Waals surface area contributed by atoms with Crippen molar-refractivity contribution >= 4 is 17.3 Å². The Kier molecular flexibility index (Phi) is 6.15. The number of hydrogen-bond donors (Lipinski definition) is 2. The summed E-state index contributed by atoms with van der Waals surface area (Å²) >= 11 is 0. The van der Waals surface area contributed by atoms with Crippen LogP contribution in [0.3, 0.4) is 0 Å². The zero-order chi connectivity index (χ0) is 16.2. The second-order valence-corrected chi connectivity index (χ2v) is 6.08. The molecule has 0 aliphatic carbocycles. The van der Waals surface area contributed by atoms with E-state index in [0.29, 0.717) is 11.6 Å². The fraction of sp³-hybridized carbons (Fsp3) is 0.562. The Bertz CT molecular complexity index is 488. The number of benzene rings is 1. The van der Waals surface area contributed by atoms with Gasteiger partial charge in [0, 0.05) is 12.6 Å². The van der Waals surface area contributed by atoms with Crippen molar-refractivity contribution in [2.75, 3.05) is 17.6 Å². The summed E-state index contributed by atoms with van der Waals surface area (Å²) in [5, 5.41) is 2.77. The lowest BCUT2D eigenvalue weighted by molar-refractivity contribution is -0.121. The summed E-state index contributed by atoms with van der Waals surface area (Å²) in [6.45, 7) is 11.1. The molecule has 0 radical (unpaired) electrons. The minimum atomic E-state index is -0.415. The van der Waals surface area contributed by atoms with Crippen molar-refractivity contribution in [1.29, 1.82) is 0 Å². The molecular weight excluding hydrogens is 269 g/mol. The summed E-state index contributed by atoms with van der Waals surface area (Å²) < 4.78 is 13.0. The van der Waals surface area contributed by atoms with Gasteiger partial charge < -0.3 is 11.1 Å². The van der Waals surface area contributed by atoms with Crippen molar-refractivity contribution < 1.29 is 9.18 Å². The van der Waals surface area contributed by atoms with E-state index in [4.69, 9.17) is 5.73 Å². The van der Waals surface area contributed by atoms with Gasteiger partial charge in [-0.15, -0.1) is 0 Å². The molecule has 21 heavy (non-hydrogen) atoms. The number of nitrogens with zero attached hydrogens (tertiary/aromatic N) is 1. The van der Waals surface area contributed by atoms with Crippen molar-refractivity contribution in [3.8, 4) is 0 Å². The van der Waals surface area contributed by atoms with Gasteiger partial charge in [-0.1, -0.05) is 13.8 Å². The van der Waals surface area contributed by atoms with Crippen LogP contribution in [0.15, 0.2) is 18.2 Å². The lowest BCUT2D eigenvalue weighted by atomic mass is 10.1. The first-order chi connectivity index (χ1) is 9.72. The van der Waals surface area contributed by atoms with Gasteiger partial charge in [0.2, 0.25) is 5.91 Å². The standard InChI is InChI=1S/C16H26FN3O/c1-10(2)9-20(11(3)4)12(5)16(21)19-15-7-6-13(17)8-14(15)18/h6-8,10-12H,9,18H2,1-5H3,(H,19,21). The minimum absolute atomic E-state index is 0.136. The molecule has 5 heteroatoms. The number of anilines is 2. The van der Waals surface area contributed by atoms with E-state index in [-0.39, 0.29) is 23.7 Å². The molecule has 0 saturated heterocycles. The maximum atomic E-state index is 13.0. The van der Waals surface area contributed by atoms with E-state index in [1.807, 2.05) is 6.92 Å². The number of hydrogen-bond acceptors (Lipinski definition) is 3. The molecule has 1 atom stereocenters. The monoisotopic (exact) mass is 295 g/mol. The predicted octanol–water partition coefficient (Wildman–Crippen LogP) is 3.10. The third-order valence-electron chi connectivity index (χ3n) is 3.39. The van der Waals surface area contributed by atoms with Crippen LogP contribution < -0.4 is 11.1 Å². The second kappa shape index (κ2) is 7.41. The highest BCUT2D eigenvalue weighted by Gasteiger charge is 2.24. The first-order valence-electron chi connectivity index (χ1n) is 7.34. The van der Waals surface area contributed by atoms with E-state index in [9.17, 15) is 9.18 Å². The highest BCUT2D eigenvalue weighted by atomic mass is 19.1. The van der Waals surface area contributed by atoms with Gasteiger partial charge in [0.1, 0.15) is 5.82 Å². The van der Waals surface area contributed by atoms with Crippen LogP contribution in [-0.2, 0) is 4.79 Å². The van der Waals surface area contributed by atoms with Crippen molar-refractivity contribution in [2.24, 2.45) is 5.92 Å². The van der Waals surface area contributed by atoms with Crippen LogP contribution in [0.25, 0.3) is 0 Å². The number of carbonyl (C=O) groups is 1. The molecular formula is C16H26FN3O. The molecule has 118 valence electrons. The third kappa shape index (κ3) is 5.01. The highest BCUT2D eigenvalue weighted by molar-refractivity contribution is 5.97. The Hall–Kier alpha value is -1.62. The van der Waals surface area contributed by atoms with Crippen LogP contribution >= 0.6 is 0 Å². The normalized spacial score (nSPS) is 13.0. The SMILES string of the molecule is CC(C)CN(C(C)C)C(C)C(=O)Nc1ccc(F)cc1N. The van der Waals surface area contributed by atoms with Crippen molar-refractivity contribution in [3.63, 3.8) is 0 Å². The van der Waals surface area contributed by atoms with Gasteiger partial charge >= 0.3 is 0 Å². The highest BCUT2D eigenvalue weighted by Crippen LogP contribution is 2.20. The fourth-order valence-corrected chi connectivity index (χ4v) is 2.27. The molecule has 1 aromatic rings. The summed E-state index contributed by atoms with van der Waals surface area (Å²) in [4.78, 5) is 14.5. The number of halogens is 1. The maximum Gasteiger partial charge on any atom is 0.241 e. The molecule has 1 rings (SSSR count). The minimum Gasteiger partial charge on any atom is -0.397 e. The predicted molar refractivity (Wildman–Crippen MR) is 85.6 cm³/mol. The summed E-state index contributed by atoms with van der Waals surface area (Å²) in [6.07, 6.45) is 0. The van der Waals surface area contributed by atoms with E-state index >= 15 is 0 Å². The molecule has 4 nitrogen and oxygen atoms in total. The molecule has 0 aliphatic heterocycles. The fourth-order valence-electron chi connectivity index (χ4n) is 2.27.